The van der Waals surface area contributed by atoms with Crippen molar-refractivity contribution in [3.05, 3.63) is 71.1 Å². The molecule has 3 rings (SSSR count). The Bertz CT molecular complexity index is 1010. The van der Waals surface area contributed by atoms with Crippen LogP contribution in [0.25, 0.3) is 0 Å². The molecule has 0 atom stereocenters. The molecule has 0 saturated heterocycles. The van der Waals surface area contributed by atoms with Gasteiger partial charge in [0.2, 0.25) is 5.91 Å². The number of alkyl halides is 3. The summed E-state index contributed by atoms with van der Waals surface area (Å²) in [5.41, 5.74) is 2.79. The van der Waals surface area contributed by atoms with Crippen LogP contribution in [0.1, 0.15) is 22.6 Å². The van der Waals surface area contributed by atoms with Crippen molar-refractivity contribution < 1.29 is 27.2 Å². The number of aromatic nitrogens is 1. The zero-order valence-electron chi connectivity index (χ0n) is 17.0. The number of nitrogens with zero attached hydrogens (tertiary/aromatic N) is 1. The maximum Gasteiger partial charge on any atom is 0.398 e. The number of anilines is 1. The summed E-state index contributed by atoms with van der Waals surface area (Å²) in [4.78, 5) is 12.8. The summed E-state index contributed by atoms with van der Waals surface area (Å²) in [5.74, 6) is 0.0110. The molecule has 2 aromatic carbocycles. The fourth-order valence-electron chi connectivity index (χ4n) is 2.80. The smallest absolute Gasteiger partial charge is 0.398 e. The highest BCUT2D eigenvalue weighted by Gasteiger charge is 2.27. The predicted octanol–water partition coefficient (Wildman–Crippen LogP) is 5.71. The first-order valence-electron chi connectivity index (χ1n) is 9.43. The van der Waals surface area contributed by atoms with E-state index in [1.54, 1.807) is 48.5 Å². The number of thioether (sulfide) groups is 1. The van der Waals surface area contributed by atoms with Crippen molar-refractivity contribution in [1.82, 2.24) is 5.16 Å². The molecular weight excluding hydrogens is 429 g/mol. The van der Waals surface area contributed by atoms with E-state index in [1.165, 1.54) is 0 Å². The van der Waals surface area contributed by atoms with Crippen LogP contribution >= 0.6 is 11.8 Å². The van der Waals surface area contributed by atoms with E-state index < -0.39 is 11.9 Å². The van der Waals surface area contributed by atoms with Crippen LogP contribution in [0.15, 0.2) is 57.9 Å². The van der Waals surface area contributed by atoms with Gasteiger partial charge >= 0.3 is 6.18 Å². The highest BCUT2D eigenvalue weighted by molar-refractivity contribution is 7.99. The van der Waals surface area contributed by atoms with E-state index >= 15 is 0 Å². The minimum Gasteiger partial charge on any atom is -0.489 e. The minimum atomic E-state index is -4.28. The lowest BCUT2D eigenvalue weighted by Gasteiger charge is -2.12. The number of nitrogens with one attached hydrogen (secondary N) is 1. The Morgan fingerprint density at radius 2 is 1.84 bits per heavy atom. The molecule has 164 valence electrons. The van der Waals surface area contributed by atoms with Gasteiger partial charge in [-0.05, 0) is 43.7 Å². The SMILES string of the molecule is Cc1noc(C)c1COc1ccc(CC(=O)Nc2ccccc2SCC(F)(F)F)cc1. The molecule has 0 bridgehead atoms. The first-order valence-corrected chi connectivity index (χ1v) is 10.4. The topological polar surface area (TPSA) is 64.4 Å². The Balaban J connectivity index is 1.55. The van der Waals surface area contributed by atoms with Crippen LogP contribution < -0.4 is 10.1 Å². The third-order valence-electron chi connectivity index (χ3n) is 4.40. The van der Waals surface area contributed by atoms with Gasteiger partial charge in [-0.25, -0.2) is 0 Å². The van der Waals surface area contributed by atoms with Crippen LogP contribution in [0.5, 0.6) is 5.75 Å². The van der Waals surface area contributed by atoms with Crippen LogP contribution in [0, 0.1) is 13.8 Å². The standard InChI is InChI=1S/C22H21F3N2O3S/c1-14-18(15(2)30-27-14)12-29-17-9-7-16(8-10-17)11-21(28)26-19-5-3-4-6-20(19)31-13-22(23,24)25/h3-10H,11-13H2,1-2H3,(H,26,28). The molecule has 0 aliphatic heterocycles. The second-order valence-electron chi connectivity index (χ2n) is 6.86. The number of halogens is 3. The van der Waals surface area contributed by atoms with E-state index in [4.69, 9.17) is 9.26 Å². The summed E-state index contributed by atoms with van der Waals surface area (Å²) >= 11 is 0.643. The van der Waals surface area contributed by atoms with Gasteiger partial charge in [0.05, 0.1) is 29.1 Å². The Kier molecular flexibility index (Phi) is 7.27. The van der Waals surface area contributed by atoms with Gasteiger partial charge in [0, 0.05) is 4.90 Å². The van der Waals surface area contributed by atoms with Crippen LogP contribution in [-0.4, -0.2) is 23.0 Å². The largest absolute Gasteiger partial charge is 0.489 e. The van der Waals surface area contributed by atoms with Gasteiger partial charge in [-0.15, -0.1) is 11.8 Å². The van der Waals surface area contributed by atoms with Gasteiger partial charge in [0.15, 0.2) is 0 Å². The highest BCUT2D eigenvalue weighted by atomic mass is 32.2. The zero-order chi connectivity index (χ0) is 22.4. The quantitative estimate of drug-likeness (QED) is 0.446. The Hall–Kier alpha value is -2.94. The number of carbonyl (C=O) groups is 1. The van der Waals surface area contributed by atoms with Crippen LogP contribution in [0.4, 0.5) is 18.9 Å². The molecule has 1 heterocycles. The maximum atomic E-state index is 12.5. The molecule has 1 N–H and O–H groups in total. The number of aryl methyl sites for hydroxylation is 2. The molecule has 0 fully saturated rings. The lowest BCUT2D eigenvalue weighted by Crippen LogP contribution is -2.15. The molecule has 3 aromatic rings. The molecule has 1 amide bonds. The van der Waals surface area contributed by atoms with E-state index in [0.717, 1.165) is 16.8 Å². The molecule has 0 aliphatic carbocycles. The van der Waals surface area contributed by atoms with Crippen molar-refractivity contribution in [3.63, 3.8) is 0 Å². The van der Waals surface area contributed by atoms with E-state index in [-0.39, 0.29) is 12.3 Å². The number of ether oxygens (including phenoxy) is 1. The summed E-state index contributed by atoms with van der Waals surface area (Å²) < 4.78 is 48.4. The summed E-state index contributed by atoms with van der Waals surface area (Å²) in [7, 11) is 0. The highest BCUT2D eigenvalue weighted by Crippen LogP contribution is 2.32. The molecule has 0 radical (unpaired) electrons. The number of rotatable bonds is 8. The van der Waals surface area contributed by atoms with Crippen molar-refractivity contribution in [3.8, 4) is 5.75 Å². The second-order valence-corrected chi connectivity index (χ2v) is 7.88. The van der Waals surface area contributed by atoms with E-state index in [0.29, 0.717) is 40.5 Å². The molecule has 0 spiro atoms. The molecule has 31 heavy (non-hydrogen) atoms. The van der Waals surface area contributed by atoms with Gasteiger partial charge in [-0.2, -0.15) is 13.2 Å². The van der Waals surface area contributed by atoms with Crippen LogP contribution in [0.2, 0.25) is 0 Å². The molecule has 0 saturated carbocycles. The van der Waals surface area contributed by atoms with Crippen LogP contribution in [0.3, 0.4) is 0 Å². The van der Waals surface area contributed by atoms with Crippen molar-refractivity contribution in [2.45, 2.75) is 37.9 Å². The van der Waals surface area contributed by atoms with E-state index in [1.807, 2.05) is 13.8 Å². The lowest BCUT2D eigenvalue weighted by molar-refractivity contribution is -0.115. The number of amides is 1. The van der Waals surface area contributed by atoms with Gasteiger partial charge in [-0.3, -0.25) is 4.79 Å². The Morgan fingerprint density at radius 1 is 1.13 bits per heavy atom. The van der Waals surface area contributed by atoms with Crippen molar-refractivity contribution >= 4 is 23.4 Å². The normalized spacial score (nSPS) is 11.4. The molecule has 0 aliphatic rings. The molecule has 0 unspecified atom stereocenters. The number of hydrogen-bond acceptors (Lipinski definition) is 5. The number of hydrogen-bond donors (Lipinski definition) is 1. The van der Waals surface area contributed by atoms with Gasteiger partial charge < -0.3 is 14.6 Å². The van der Waals surface area contributed by atoms with Gasteiger partial charge in [0.25, 0.3) is 0 Å². The number of para-hydroxylation sites is 1. The number of carbonyl (C=O) groups excluding carboxylic acids is 1. The predicted molar refractivity (Wildman–Crippen MR) is 112 cm³/mol. The Morgan fingerprint density at radius 3 is 2.48 bits per heavy atom. The van der Waals surface area contributed by atoms with Crippen LogP contribution in [-0.2, 0) is 17.8 Å². The molecule has 9 heteroatoms. The molecule has 5 nitrogen and oxygen atoms in total. The summed E-state index contributed by atoms with van der Waals surface area (Å²) in [6, 6.07) is 13.5. The second kappa shape index (κ2) is 9.91. The van der Waals surface area contributed by atoms with Crippen molar-refractivity contribution in [2.24, 2.45) is 0 Å². The molecule has 1 aromatic heterocycles. The van der Waals surface area contributed by atoms with E-state index in [2.05, 4.69) is 10.5 Å². The number of benzene rings is 2. The van der Waals surface area contributed by atoms with Gasteiger partial charge in [-0.1, -0.05) is 29.4 Å². The fraction of sp³-hybridized carbons (Fsp3) is 0.273. The van der Waals surface area contributed by atoms with Crippen molar-refractivity contribution in [1.29, 1.82) is 0 Å². The average molecular weight is 450 g/mol. The fourth-order valence-corrected chi connectivity index (χ4v) is 3.57. The minimum absolute atomic E-state index is 0.0857. The third-order valence-corrected chi connectivity index (χ3v) is 5.54. The summed E-state index contributed by atoms with van der Waals surface area (Å²) in [6.07, 6.45) is -4.19. The van der Waals surface area contributed by atoms with E-state index in [9.17, 15) is 18.0 Å². The zero-order valence-corrected chi connectivity index (χ0v) is 17.8. The summed E-state index contributed by atoms with van der Waals surface area (Å²) in [6.45, 7) is 3.99. The Labute approximate surface area is 182 Å². The lowest BCUT2D eigenvalue weighted by atomic mass is 10.1. The monoisotopic (exact) mass is 450 g/mol. The summed E-state index contributed by atoms with van der Waals surface area (Å²) in [5, 5.41) is 6.57. The van der Waals surface area contributed by atoms with Crippen molar-refractivity contribution in [2.75, 3.05) is 11.1 Å². The average Bonchev–Trinajstić information content (AvgIpc) is 3.04. The molecular formula is C22H21F3N2O3S. The van der Waals surface area contributed by atoms with Gasteiger partial charge in [0.1, 0.15) is 18.1 Å². The first-order chi connectivity index (χ1) is 14.7. The first kappa shape index (κ1) is 22.7. The third kappa shape index (κ3) is 6.78. The maximum absolute atomic E-state index is 12.5.